The molecule has 0 aliphatic carbocycles. The fourth-order valence-corrected chi connectivity index (χ4v) is 2.59. The second-order valence-corrected chi connectivity index (χ2v) is 5.93. The van der Waals surface area contributed by atoms with Gasteiger partial charge in [0.25, 0.3) is 0 Å². The van der Waals surface area contributed by atoms with Gasteiger partial charge < -0.3 is 15.2 Å². The summed E-state index contributed by atoms with van der Waals surface area (Å²) in [5.74, 6) is -0.710. The predicted molar refractivity (Wildman–Crippen MR) is 104 cm³/mol. The number of rotatable bonds is 6. The molecule has 0 aromatic heterocycles. The van der Waals surface area contributed by atoms with Gasteiger partial charge in [-0.1, -0.05) is 66.7 Å². The fourth-order valence-electron chi connectivity index (χ4n) is 2.59. The van der Waals surface area contributed by atoms with E-state index in [9.17, 15) is 4.79 Å². The summed E-state index contributed by atoms with van der Waals surface area (Å²) in [6.07, 6.45) is 0. The lowest BCUT2D eigenvalue weighted by Gasteiger charge is -2.14. The lowest BCUT2D eigenvalue weighted by Crippen LogP contribution is -2.16. The largest absolute Gasteiger partial charge is 0.473 e. The highest BCUT2D eigenvalue weighted by atomic mass is 16.5. The van der Waals surface area contributed by atoms with E-state index in [4.69, 9.17) is 20.6 Å². The van der Waals surface area contributed by atoms with Crippen LogP contribution in [-0.4, -0.2) is 11.9 Å². The molecule has 0 aliphatic heterocycles. The molecule has 3 rings (SSSR count). The normalized spacial score (nSPS) is 10.2. The molecule has 0 unspecified atom stereocenters. The van der Waals surface area contributed by atoms with Crippen LogP contribution in [-0.2, 0) is 22.7 Å². The molecular formula is C22H20N2O3. The van der Waals surface area contributed by atoms with Gasteiger partial charge in [0, 0.05) is 5.69 Å². The van der Waals surface area contributed by atoms with Gasteiger partial charge in [-0.05, 0) is 23.3 Å². The molecule has 3 aromatic rings. The van der Waals surface area contributed by atoms with E-state index in [1.54, 1.807) is 18.2 Å². The minimum Gasteiger partial charge on any atom is -0.473 e. The number of carbonyl (C=O) groups excluding carboxylic acids is 1. The highest BCUT2D eigenvalue weighted by Gasteiger charge is 2.20. The molecule has 0 bridgehead atoms. The Bertz CT molecular complexity index is 925. The number of ether oxygens (including phenoxy) is 2. The van der Waals surface area contributed by atoms with Gasteiger partial charge in [-0.2, -0.15) is 0 Å². The maximum Gasteiger partial charge on any atom is 0.341 e. The van der Waals surface area contributed by atoms with Gasteiger partial charge in [-0.15, -0.1) is 0 Å². The number of hydrogen-bond acceptors (Lipinski definition) is 5. The molecule has 0 saturated heterocycles. The van der Waals surface area contributed by atoms with E-state index in [1.165, 1.54) is 0 Å². The molecule has 3 N–H and O–H groups in total. The molecule has 0 saturated carbocycles. The first-order valence-electron chi connectivity index (χ1n) is 8.50. The Labute approximate surface area is 157 Å². The van der Waals surface area contributed by atoms with Crippen LogP contribution in [0.15, 0.2) is 78.9 Å². The molecule has 0 radical (unpaired) electrons. The van der Waals surface area contributed by atoms with E-state index < -0.39 is 5.97 Å². The first-order chi connectivity index (χ1) is 13.1. The molecule has 0 spiro atoms. The molecule has 0 aliphatic rings. The van der Waals surface area contributed by atoms with E-state index in [0.717, 1.165) is 11.1 Å². The van der Waals surface area contributed by atoms with E-state index in [0.29, 0.717) is 5.56 Å². The number of anilines is 1. The third-order valence-corrected chi connectivity index (χ3v) is 3.98. The summed E-state index contributed by atoms with van der Waals surface area (Å²) in [4.78, 5) is 12.6. The minimum absolute atomic E-state index is 0.127. The van der Waals surface area contributed by atoms with Crippen molar-refractivity contribution in [2.24, 2.45) is 0 Å². The molecule has 0 heterocycles. The average Bonchev–Trinajstić information content (AvgIpc) is 2.71. The molecule has 27 heavy (non-hydrogen) atoms. The van der Waals surface area contributed by atoms with Crippen molar-refractivity contribution >= 4 is 17.6 Å². The number of hydrogen-bond donors (Lipinski definition) is 2. The topological polar surface area (TPSA) is 85.4 Å². The van der Waals surface area contributed by atoms with Crippen LogP contribution in [0.3, 0.4) is 0 Å². The minimum atomic E-state index is -0.583. The van der Waals surface area contributed by atoms with E-state index in [-0.39, 0.29) is 30.4 Å². The quantitative estimate of drug-likeness (QED) is 0.299. The van der Waals surface area contributed by atoms with Crippen LogP contribution < -0.4 is 5.73 Å². The van der Waals surface area contributed by atoms with E-state index in [1.807, 2.05) is 60.7 Å². The van der Waals surface area contributed by atoms with Gasteiger partial charge in [-0.25, -0.2) is 4.79 Å². The van der Waals surface area contributed by atoms with Gasteiger partial charge in [0.15, 0.2) is 0 Å². The first kappa shape index (κ1) is 18.2. The molecule has 3 aromatic carbocycles. The Hall–Kier alpha value is -3.60. The number of carbonyl (C=O) groups is 1. The lowest BCUT2D eigenvalue weighted by atomic mass is 10.1. The zero-order valence-corrected chi connectivity index (χ0v) is 14.7. The fraction of sp³-hybridized carbons (Fsp3) is 0.0909. The van der Waals surface area contributed by atoms with Crippen LogP contribution in [0.1, 0.15) is 27.0 Å². The van der Waals surface area contributed by atoms with Crippen LogP contribution >= 0.6 is 0 Å². The summed E-state index contributed by atoms with van der Waals surface area (Å²) < 4.78 is 10.9. The van der Waals surface area contributed by atoms with Crippen molar-refractivity contribution < 1.29 is 14.3 Å². The zero-order chi connectivity index (χ0) is 19.1. The second-order valence-electron chi connectivity index (χ2n) is 5.93. The Morgan fingerprint density at radius 1 is 0.778 bits per heavy atom. The molecule has 5 heteroatoms. The molecule has 5 nitrogen and oxygen atoms in total. The van der Waals surface area contributed by atoms with Crippen molar-refractivity contribution in [3.8, 4) is 0 Å². The maximum absolute atomic E-state index is 12.6. The van der Waals surface area contributed by atoms with Gasteiger partial charge in [0.1, 0.15) is 13.2 Å². The van der Waals surface area contributed by atoms with E-state index in [2.05, 4.69) is 0 Å². The average molecular weight is 360 g/mol. The van der Waals surface area contributed by atoms with Crippen LogP contribution in [0, 0.1) is 5.41 Å². The first-order valence-corrected chi connectivity index (χ1v) is 8.50. The van der Waals surface area contributed by atoms with Crippen LogP contribution in [0.4, 0.5) is 5.69 Å². The third-order valence-electron chi connectivity index (χ3n) is 3.98. The van der Waals surface area contributed by atoms with Crippen molar-refractivity contribution in [3.05, 3.63) is 101 Å². The standard InChI is InChI=1S/C22H20N2O3/c23-19-13-7-12-18(21(24)26-14-16-8-3-1-4-9-16)20(19)22(25)27-15-17-10-5-2-6-11-17/h1-13,24H,14-15,23H2. The number of nitrogens with two attached hydrogens (primary N) is 1. The molecular weight excluding hydrogens is 340 g/mol. The molecule has 136 valence electrons. The summed E-state index contributed by atoms with van der Waals surface area (Å²) in [7, 11) is 0. The number of esters is 1. The van der Waals surface area contributed by atoms with Crippen LogP contribution in [0.2, 0.25) is 0 Å². The lowest BCUT2D eigenvalue weighted by molar-refractivity contribution is 0.0473. The van der Waals surface area contributed by atoms with Crippen molar-refractivity contribution in [2.45, 2.75) is 13.2 Å². The smallest absolute Gasteiger partial charge is 0.341 e. The van der Waals surface area contributed by atoms with Gasteiger partial charge >= 0.3 is 5.97 Å². The number of benzene rings is 3. The van der Waals surface area contributed by atoms with Crippen molar-refractivity contribution in [1.82, 2.24) is 0 Å². The van der Waals surface area contributed by atoms with Crippen LogP contribution in [0.25, 0.3) is 0 Å². The third kappa shape index (κ3) is 4.73. The summed E-state index contributed by atoms with van der Waals surface area (Å²) in [6, 6.07) is 23.8. The summed E-state index contributed by atoms with van der Waals surface area (Å²) in [5, 5.41) is 8.22. The molecule has 0 amide bonds. The molecule has 0 atom stereocenters. The number of nitrogens with one attached hydrogen (secondary N) is 1. The predicted octanol–water partition coefficient (Wildman–Crippen LogP) is 4.17. The van der Waals surface area contributed by atoms with Crippen molar-refractivity contribution in [2.75, 3.05) is 5.73 Å². The highest BCUT2D eigenvalue weighted by molar-refractivity contribution is 6.07. The summed E-state index contributed by atoms with van der Waals surface area (Å²) >= 11 is 0. The highest BCUT2D eigenvalue weighted by Crippen LogP contribution is 2.20. The molecule has 0 fully saturated rings. The Kier molecular flexibility index (Phi) is 5.84. The van der Waals surface area contributed by atoms with Crippen molar-refractivity contribution in [3.63, 3.8) is 0 Å². The van der Waals surface area contributed by atoms with Gasteiger partial charge in [0.05, 0.1) is 11.1 Å². The number of nitrogen functional groups attached to an aromatic ring is 1. The summed E-state index contributed by atoms with van der Waals surface area (Å²) in [5.41, 5.74) is 8.49. The Morgan fingerprint density at radius 2 is 1.33 bits per heavy atom. The summed E-state index contributed by atoms with van der Waals surface area (Å²) in [6.45, 7) is 0.360. The Morgan fingerprint density at radius 3 is 1.93 bits per heavy atom. The van der Waals surface area contributed by atoms with Crippen molar-refractivity contribution in [1.29, 1.82) is 5.41 Å². The van der Waals surface area contributed by atoms with Gasteiger partial charge in [-0.3, -0.25) is 5.41 Å². The van der Waals surface area contributed by atoms with Gasteiger partial charge in [0.2, 0.25) is 5.90 Å². The maximum atomic E-state index is 12.6. The van der Waals surface area contributed by atoms with Crippen LogP contribution in [0.5, 0.6) is 0 Å². The second kappa shape index (κ2) is 8.67. The Balaban J connectivity index is 1.73. The monoisotopic (exact) mass is 360 g/mol. The zero-order valence-electron chi connectivity index (χ0n) is 14.7. The van der Waals surface area contributed by atoms with E-state index >= 15 is 0 Å². The SMILES string of the molecule is N=C(OCc1ccccc1)c1cccc(N)c1C(=O)OCc1ccccc1.